The normalized spacial score (nSPS) is 22.6. The van der Waals surface area contributed by atoms with Crippen molar-refractivity contribution in [2.75, 3.05) is 18.4 Å². The van der Waals surface area contributed by atoms with Gasteiger partial charge in [0.1, 0.15) is 0 Å². The molecule has 1 aromatic carbocycles. The van der Waals surface area contributed by atoms with Crippen LogP contribution in [0.4, 0.5) is 5.69 Å². The lowest BCUT2D eigenvalue weighted by atomic mass is 9.86. The number of nitrogens with one attached hydrogen (secondary N) is 2. The Hall–Kier alpha value is -1.93. The molecule has 7 nitrogen and oxygen atoms in total. The maximum Gasteiger partial charge on any atom is 0.261 e. The van der Waals surface area contributed by atoms with Crippen LogP contribution in [0.15, 0.2) is 18.2 Å². The van der Waals surface area contributed by atoms with Gasteiger partial charge in [-0.25, -0.2) is 13.1 Å². The average molecular weight is 408 g/mol. The molecule has 1 aliphatic heterocycles. The smallest absolute Gasteiger partial charge is 0.261 e. The highest BCUT2D eigenvalue weighted by Crippen LogP contribution is 2.28. The van der Waals surface area contributed by atoms with Crippen LogP contribution >= 0.6 is 0 Å². The summed E-state index contributed by atoms with van der Waals surface area (Å²) in [6.45, 7) is 6.30. The molecule has 3 rings (SSSR count). The highest BCUT2D eigenvalue weighted by atomic mass is 32.2. The van der Waals surface area contributed by atoms with Gasteiger partial charge in [0.15, 0.2) is 0 Å². The van der Waals surface area contributed by atoms with E-state index in [1.165, 1.54) is 4.90 Å². The minimum Gasteiger partial charge on any atom is -0.385 e. The van der Waals surface area contributed by atoms with Crippen molar-refractivity contribution in [1.29, 1.82) is 0 Å². The number of hydrogen-bond acceptors (Lipinski definition) is 5. The predicted octanol–water partition coefficient (Wildman–Crippen LogP) is 2.60. The van der Waals surface area contributed by atoms with Gasteiger partial charge in [0.25, 0.3) is 11.8 Å². The molecule has 1 fully saturated rings. The summed E-state index contributed by atoms with van der Waals surface area (Å²) in [5.41, 5.74) is 1.76. The molecule has 0 saturated heterocycles. The average Bonchev–Trinajstić information content (AvgIpc) is 2.90. The zero-order valence-electron chi connectivity index (χ0n) is 16.7. The van der Waals surface area contributed by atoms with Gasteiger partial charge in [-0.2, -0.15) is 0 Å². The summed E-state index contributed by atoms with van der Waals surface area (Å²) in [6, 6.07) is 5.33. The highest BCUT2D eigenvalue weighted by Gasteiger charge is 2.34. The first-order valence-corrected chi connectivity index (χ1v) is 11.5. The second kappa shape index (κ2) is 8.21. The molecule has 28 heavy (non-hydrogen) atoms. The van der Waals surface area contributed by atoms with Crippen LogP contribution in [0.5, 0.6) is 0 Å². The topological polar surface area (TPSA) is 95.6 Å². The molecular formula is C20H29N3O4S. The third-order valence-electron chi connectivity index (χ3n) is 5.68. The van der Waals surface area contributed by atoms with Crippen LogP contribution in [0.1, 0.15) is 67.2 Å². The van der Waals surface area contributed by atoms with Crippen LogP contribution in [0.3, 0.4) is 0 Å². The summed E-state index contributed by atoms with van der Waals surface area (Å²) in [6.07, 6.45) is 3.57. The van der Waals surface area contributed by atoms with E-state index in [0.717, 1.165) is 37.9 Å². The Morgan fingerprint density at radius 2 is 1.71 bits per heavy atom. The molecule has 2 aliphatic rings. The molecule has 2 N–H and O–H groups in total. The number of imide groups is 1. The first kappa shape index (κ1) is 20.8. The summed E-state index contributed by atoms with van der Waals surface area (Å²) in [5.74, 6) is -0.00199. The molecule has 0 spiro atoms. The number of sulfonamides is 1. The number of carbonyl (C=O) groups excluding carboxylic acids is 2. The molecule has 0 bridgehead atoms. The fourth-order valence-corrected chi connectivity index (χ4v) is 4.78. The summed E-state index contributed by atoms with van der Waals surface area (Å²) in [4.78, 5) is 25.7. The number of anilines is 1. The third kappa shape index (κ3) is 4.22. The Labute approximate surface area is 166 Å². The van der Waals surface area contributed by atoms with Crippen molar-refractivity contribution >= 4 is 27.5 Å². The lowest BCUT2D eigenvalue weighted by molar-refractivity contribution is 0.0663. The molecule has 2 amide bonds. The van der Waals surface area contributed by atoms with Gasteiger partial charge in [0.2, 0.25) is 10.0 Å². The summed E-state index contributed by atoms with van der Waals surface area (Å²) in [7, 11) is -3.22. The van der Waals surface area contributed by atoms with Gasteiger partial charge in [-0.3, -0.25) is 14.5 Å². The van der Waals surface area contributed by atoms with Crippen LogP contribution < -0.4 is 10.0 Å². The Bertz CT molecular complexity index is 858. The van der Waals surface area contributed by atoms with Crippen molar-refractivity contribution < 1.29 is 18.0 Å². The van der Waals surface area contributed by atoms with Gasteiger partial charge in [-0.1, -0.05) is 0 Å². The molecule has 1 aliphatic carbocycles. The molecule has 0 radical (unpaired) electrons. The van der Waals surface area contributed by atoms with Gasteiger partial charge in [0, 0.05) is 24.8 Å². The molecule has 0 aromatic heterocycles. The van der Waals surface area contributed by atoms with Crippen molar-refractivity contribution in [3.05, 3.63) is 29.3 Å². The van der Waals surface area contributed by atoms with Crippen LogP contribution in [0.25, 0.3) is 0 Å². The molecule has 154 valence electrons. The van der Waals surface area contributed by atoms with E-state index in [1.807, 2.05) is 6.07 Å². The van der Waals surface area contributed by atoms with E-state index in [4.69, 9.17) is 0 Å². The van der Waals surface area contributed by atoms with Gasteiger partial charge >= 0.3 is 0 Å². The zero-order valence-corrected chi connectivity index (χ0v) is 17.5. The van der Waals surface area contributed by atoms with Crippen LogP contribution in [0, 0.1) is 5.92 Å². The molecular weight excluding hydrogens is 378 g/mol. The second-order valence-corrected chi connectivity index (χ2v) is 10.2. The number of benzene rings is 1. The summed E-state index contributed by atoms with van der Waals surface area (Å²) >= 11 is 0. The SMILES string of the molecule is CCN1C(=O)c2ccc(NCC3CCC(NS(=O)(=O)C(C)C)CC3)cc2C1=O. The van der Waals surface area contributed by atoms with Gasteiger partial charge < -0.3 is 5.32 Å². The Kier molecular flexibility index (Phi) is 6.09. The van der Waals surface area contributed by atoms with E-state index < -0.39 is 15.3 Å². The number of nitrogens with zero attached hydrogens (tertiary/aromatic N) is 1. The van der Waals surface area contributed by atoms with Gasteiger partial charge in [-0.15, -0.1) is 0 Å². The molecule has 0 atom stereocenters. The third-order valence-corrected chi connectivity index (χ3v) is 7.58. The van der Waals surface area contributed by atoms with Crippen molar-refractivity contribution in [2.24, 2.45) is 5.92 Å². The zero-order chi connectivity index (χ0) is 20.5. The Balaban J connectivity index is 1.52. The fourth-order valence-electron chi connectivity index (χ4n) is 3.80. The van der Waals surface area contributed by atoms with Crippen molar-refractivity contribution in [3.63, 3.8) is 0 Å². The first-order valence-electron chi connectivity index (χ1n) is 9.98. The maximum absolute atomic E-state index is 12.3. The molecule has 0 unspecified atom stereocenters. The quantitative estimate of drug-likeness (QED) is 0.678. The second-order valence-electron chi connectivity index (χ2n) is 7.93. The standard InChI is InChI=1S/C20H29N3O4S/c1-4-23-19(24)17-10-9-16(11-18(17)20(23)25)21-12-14-5-7-15(8-6-14)22-28(26,27)13(2)3/h9-11,13-15,21-22H,4-8,12H2,1-3H3. The number of carbonyl (C=O) groups is 2. The van der Waals surface area contributed by atoms with Gasteiger partial charge in [-0.05, 0) is 70.6 Å². The predicted molar refractivity (Wildman–Crippen MR) is 109 cm³/mol. The van der Waals surface area contributed by atoms with Crippen LogP contribution in [-0.2, 0) is 10.0 Å². The molecule has 1 aromatic rings. The summed E-state index contributed by atoms with van der Waals surface area (Å²) < 4.78 is 26.8. The molecule has 8 heteroatoms. The van der Waals surface area contributed by atoms with Crippen LogP contribution in [0.2, 0.25) is 0 Å². The van der Waals surface area contributed by atoms with E-state index >= 15 is 0 Å². The van der Waals surface area contributed by atoms with E-state index in [0.29, 0.717) is 23.6 Å². The van der Waals surface area contributed by atoms with E-state index in [9.17, 15) is 18.0 Å². The van der Waals surface area contributed by atoms with Crippen molar-refractivity contribution in [1.82, 2.24) is 9.62 Å². The highest BCUT2D eigenvalue weighted by molar-refractivity contribution is 7.90. The number of hydrogen-bond donors (Lipinski definition) is 2. The first-order chi connectivity index (χ1) is 13.2. The lowest BCUT2D eigenvalue weighted by Crippen LogP contribution is -2.41. The van der Waals surface area contributed by atoms with Crippen LogP contribution in [-0.4, -0.2) is 49.5 Å². The molecule has 1 heterocycles. The number of fused-ring (bicyclic) bond motifs is 1. The maximum atomic E-state index is 12.3. The molecule has 1 saturated carbocycles. The van der Waals surface area contributed by atoms with E-state index in [-0.39, 0.29) is 17.9 Å². The number of amides is 2. The Morgan fingerprint density at radius 1 is 1.07 bits per heavy atom. The minimum atomic E-state index is -3.22. The monoisotopic (exact) mass is 407 g/mol. The van der Waals surface area contributed by atoms with Crippen molar-refractivity contribution in [3.8, 4) is 0 Å². The Morgan fingerprint density at radius 3 is 2.32 bits per heavy atom. The number of rotatable bonds is 7. The lowest BCUT2D eigenvalue weighted by Gasteiger charge is -2.29. The fraction of sp³-hybridized carbons (Fsp3) is 0.600. The van der Waals surface area contributed by atoms with Crippen molar-refractivity contribution in [2.45, 2.75) is 57.7 Å². The van der Waals surface area contributed by atoms with Gasteiger partial charge in [0.05, 0.1) is 16.4 Å². The van der Waals surface area contributed by atoms with E-state index in [2.05, 4.69) is 10.0 Å². The largest absolute Gasteiger partial charge is 0.385 e. The van der Waals surface area contributed by atoms with E-state index in [1.54, 1.807) is 32.9 Å². The summed E-state index contributed by atoms with van der Waals surface area (Å²) in [5, 5.41) is 2.96. The minimum absolute atomic E-state index is 0.0207.